The van der Waals surface area contributed by atoms with Gasteiger partial charge in [-0.3, -0.25) is 0 Å². The molecule has 1 aliphatic carbocycles. The summed E-state index contributed by atoms with van der Waals surface area (Å²) in [7, 11) is -4.94. The minimum Gasteiger partial charge on any atom is -0.237 e. The summed E-state index contributed by atoms with van der Waals surface area (Å²) in [5.74, 6) is 0. The minimum absolute atomic E-state index is 1.36. The Morgan fingerprint density at radius 1 is 0.750 bits per heavy atom. The van der Waals surface area contributed by atoms with Crippen LogP contribution in [0, 0.1) is 10.2 Å². The molecule has 1 saturated carbocycles. The van der Waals surface area contributed by atoms with Crippen molar-refractivity contribution in [2.45, 2.75) is 44.9 Å². The molecule has 0 bridgehead atoms. The first-order valence-electron chi connectivity index (χ1n) is 5.68. The van der Waals surface area contributed by atoms with E-state index in [9.17, 15) is 0 Å². The second kappa shape index (κ2) is 6.51. The Morgan fingerprint density at radius 3 is 1.62 bits per heavy atom. The van der Waals surface area contributed by atoms with Crippen molar-refractivity contribution in [2.24, 2.45) is 0 Å². The molecule has 0 atom stereocenters. The van der Waals surface area contributed by atoms with Crippen LogP contribution >= 0.6 is 0 Å². The SMILES string of the molecule is C1CCC(=[N+]2CCCC2)CC1.[O-][Cl+3]([O-])([O-])[O-]. The van der Waals surface area contributed by atoms with E-state index in [1.807, 2.05) is 0 Å². The molecule has 1 aliphatic heterocycles. The van der Waals surface area contributed by atoms with E-state index in [0.29, 0.717) is 0 Å². The fourth-order valence-corrected chi connectivity index (χ4v) is 2.31. The predicted molar refractivity (Wildman–Crippen MR) is 47.3 cm³/mol. The first-order valence-corrected chi connectivity index (χ1v) is 6.91. The highest BCUT2D eigenvalue weighted by Gasteiger charge is 2.20. The highest BCUT2D eigenvalue weighted by atomic mass is 35.7. The lowest BCUT2D eigenvalue weighted by molar-refractivity contribution is -2.00. The first-order chi connectivity index (χ1) is 7.47. The quantitative estimate of drug-likeness (QED) is 0.443. The van der Waals surface area contributed by atoms with Crippen molar-refractivity contribution < 1.29 is 33.5 Å². The van der Waals surface area contributed by atoms with Crippen molar-refractivity contribution in [1.82, 2.24) is 0 Å². The lowest BCUT2D eigenvalue weighted by Crippen LogP contribution is -2.68. The van der Waals surface area contributed by atoms with Gasteiger partial charge in [-0.1, -0.05) is 6.42 Å². The van der Waals surface area contributed by atoms with Gasteiger partial charge < -0.3 is 0 Å². The van der Waals surface area contributed by atoms with Gasteiger partial charge in [-0.15, -0.1) is 10.2 Å². The van der Waals surface area contributed by atoms with Crippen LogP contribution in [0.1, 0.15) is 44.9 Å². The molecule has 0 aromatic carbocycles. The van der Waals surface area contributed by atoms with Gasteiger partial charge in [-0.2, -0.15) is 0 Å². The Balaban J connectivity index is 0.000000221. The molecule has 0 N–H and O–H groups in total. The molecule has 0 radical (unpaired) electrons. The molecule has 2 fully saturated rings. The Morgan fingerprint density at radius 2 is 1.19 bits per heavy atom. The van der Waals surface area contributed by atoms with E-state index in [0.717, 1.165) is 0 Å². The van der Waals surface area contributed by atoms with Crippen LogP contribution in [-0.4, -0.2) is 23.4 Å². The first kappa shape index (κ1) is 13.9. The van der Waals surface area contributed by atoms with Gasteiger partial charge in [0.05, 0.1) is 0 Å². The number of rotatable bonds is 0. The van der Waals surface area contributed by atoms with Crippen LogP contribution in [0.3, 0.4) is 0 Å². The summed E-state index contributed by atoms with van der Waals surface area (Å²) in [4.78, 5) is 0. The Bertz CT molecular complexity index is 228. The highest BCUT2D eigenvalue weighted by molar-refractivity contribution is 5.80. The fraction of sp³-hybridized carbons (Fsp3) is 0.900. The number of nitrogens with zero attached hydrogens (tertiary/aromatic N) is 1. The van der Waals surface area contributed by atoms with E-state index in [1.54, 1.807) is 5.71 Å². The summed E-state index contributed by atoms with van der Waals surface area (Å²) >= 11 is 0. The number of hydrogen-bond acceptors (Lipinski definition) is 4. The van der Waals surface area contributed by atoms with Crippen molar-refractivity contribution in [3.8, 4) is 0 Å². The molecular formula is C10H18ClNO4. The molecule has 0 spiro atoms. The summed E-state index contributed by atoms with van der Waals surface area (Å²) in [6.07, 6.45) is 10.0. The molecular weight excluding hydrogens is 234 g/mol. The largest absolute Gasteiger partial charge is 0.237 e. The lowest BCUT2D eigenvalue weighted by Gasteiger charge is -2.17. The molecule has 1 heterocycles. The molecule has 16 heavy (non-hydrogen) atoms. The minimum atomic E-state index is -4.94. The fourth-order valence-electron chi connectivity index (χ4n) is 2.31. The zero-order valence-electron chi connectivity index (χ0n) is 9.32. The van der Waals surface area contributed by atoms with Gasteiger partial charge in [0.2, 0.25) is 0 Å². The zero-order chi connectivity index (χ0) is 12.0. The molecule has 2 aliphatic rings. The monoisotopic (exact) mass is 251 g/mol. The van der Waals surface area contributed by atoms with Crippen molar-refractivity contribution in [3.05, 3.63) is 0 Å². The van der Waals surface area contributed by atoms with Crippen LogP contribution in [-0.2, 0) is 0 Å². The van der Waals surface area contributed by atoms with Crippen LogP contribution < -0.4 is 18.6 Å². The lowest BCUT2D eigenvalue weighted by atomic mass is 9.98. The van der Waals surface area contributed by atoms with Crippen molar-refractivity contribution in [3.63, 3.8) is 0 Å². The summed E-state index contributed by atoms with van der Waals surface area (Å²) in [5.41, 5.74) is 1.77. The third-order valence-electron chi connectivity index (χ3n) is 2.98. The third kappa shape index (κ3) is 6.40. The maximum absolute atomic E-state index is 8.49. The van der Waals surface area contributed by atoms with E-state index in [1.165, 1.54) is 58.0 Å². The molecule has 0 unspecified atom stereocenters. The number of halogens is 1. The summed E-state index contributed by atoms with van der Waals surface area (Å²) in [6, 6.07) is 0. The van der Waals surface area contributed by atoms with E-state index in [4.69, 9.17) is 18.6 Å². The highest BCUT2D eigenvalue weighted by Crippen LogP contribution is 2.16. The molecule has 0 aromatic heterocycles. The summed E-state index contributed by atoms with van der Waals surface area (Å²) in [5, 5.41) is 0. The zero-order valence-corrected chi connectivity index (χ0v) is 10.1. The van der Waals surface area contributed by atoms with Crippen LogP contribution in [0.15, 0.2) is 0 Å². The maximum atomic E-state index is 8.49. The van der Waals surface area contributed by atoms with Crippen molar-refractivity contribution in [2.75, 3.05) is 13.1 Å². The van der Waals surface area contributed by atoms with E-state index >= 15 is 0 Å². The standard InChI is InChI=1S/C10H18N.ClHO4/c1-2-6-10(7-3-1)11-8-4-5-9-11;2-1(3,4)5/h1-9H2;(H,2,3,4,5)/q+1;/p-1. The Hall–Kier alpha value is -0.200. The average Bonchev–Trinajstić information content (AvgIpc) is 2.69. The van der Waals surface area contributed by atoms with E-state index in [2.05, 4.69) is 4.58 Å². The van der Waals surface area contributed by atoms with Gasteiger partial charge >= 0.3 is 0 Å². The van der Waals surface area contributed by atoms with Crippen LogP contribution in [0.25, 0.3) is 0 Å². The van der Waals surface area contributed by atoms with Crippen LogP contribution in [0.4, 0.5) is 0 Å². The summed E-state index contributed by atoms with van der Waals surface area (Å²) in [6.45, 7) is 2.71. The molecule has 94 valence electrons. The van der Waals surface area contributed by atoms with Gasteiger partial charge in [-0.25, -0.2) is 23.2 Å². The average molecular weight is 252 g/mol. The second-order valence-corrected chi connectivity index (χ2v) is 4.95. The van der Waals surface area contributed by atoms with Crippen molar-refractivity contribution >= 4 is 5.71 Å². The normalized spacial score (nSPS) is 21.8. The molecule has 0 amide bonds. The molecule has 2 rings (SSSR count). The van der Waals surface area contributed by atoms with Gasteiger partial charge in [0.1, 0.15) is 13.1 Å². The maximum Gasteiger partial charge on any atom is 0.152 e. The molecule has 0 aromatic rings. The predicted octanol–water partition coefficient (Wildman–Crippen LogP) is -2.56. The van der Waals surface area contributed by atoms with Crippen LogP contribution in [0.5, 0.6) is 0 Å². The van der Waals surface area contributed by atoms with Gasteiger partial charge in [0.15, 0.2) is 5.71 Å². The van der Waals surface area contributed by atoms with Gasteiger partial charge in [-0.05, 0) is 12.8 Å². The smallest absolute Gasteiger partial charge is 0.152 e. The topological polar surface area (TPSA) is 95.2 Å². The Kier molecular flexibility index (Phi) is 5.64. The molecule has 6 heteroatoms. The van der Waals surface area contributed by atoms with Gasteiger partial charge in [0, 0.05) is 25.7 Å². The van der Waals surface area contributed by atoms with E-state index in [-0.39, 0.29) is 0 Å². The molecule has 5 nitrogen and oxygen atoms in total. The van der Waals surface area contributed by atoms with Crippen LogP contribution in [0.2, 0.25) is 0 Å². The molecule has 1 saturated heterocycles. The van der Waals surface area contributed by atoms with E-state index < -0.39 is 10.2 Å². The summed E-state index contributed by atoms with van der Waals surface area (Å²) < 4.78 is 36.6. The second-order valence-electron chi connectivity index (χ2n) is 4.20. The van der Waals surface area contributed by atoms with Crippen molar-refractivity contribution in [1.29, 1.82) is 0 Å². The van der Waals surface area contributed by atoms with Gasteiger partial charge in [0.25, 0.3) is 0 Å². The number of hydrogen-bond donors (Lipinski definition) is 0. The third-order valence-corrected chi connectivity index (χ3v) is 2.98. The Labute approximate surface area is 97.8 Å².